The van der Waals surface area contributed by atoms with Crippen LogP contribution in [0.1, 0.15) is 23.7 Å². The molecule has 2 heterocycles. The van der Waals surface area contributed by atoms with Crippen LogP contribution in [0.4, 0.5) is 10.9 Å². The highest BCUT2D eigenvalue weighted by molar-refractivity contribution is 9.11. The normalized spacial score (nSPS) is 10.2. The molecule has 5 nitrogen and oxygen atoms in total. The number of amides is 1. The lowest BCUT2D eigenvalue weighted by Gasteiger charge is -2.06. The molecule has 0 aliphatic carbocycles. The lowest BCUT2D eigenvalue weighted by atomic mass is 10.2. The molecule has 0 bridgehead atoms. The number of nitrogens with one attached hydrogen (secondary N) is 2. The second-order valence-electron chi connectivity index (χ2n) is 3.78. The van der Waals surface area contributed by atoms with Crippen LogP contribution in [0.25, 0.3) is 0 Å². The fraction of sp³-hybridized carbons (Fsp3) is 0.250. The van der Waals surface area contributed by atoms with Crippen molar-refractivity contribution in [3.8, 4) is 0 Å². The van der Waals surface area contributed by atoms with Gasteiger partial charge >= 0.3 is 0 Å². The van der Waals surface area contributed by atoms with Gasteiger partial charge in [0.05, 0.1) is 9.98 Å². The molecule has 0 aliphatic rings. The highest BCUT2D eigenvalue weighted by atomic mass is 79.9. The van der Waals surface area contributed by atoms with Crippen molar-refractivity contribution in [1.82, 2.24) is 9.97 Å². The molecule has 0 aromatic carbocycles. The molecule has 0 spiro atoms. The van der Waals surface area contributed by atoms with E-state index in [9.17, 15) is 4.79 Å². The van der Waals surface area contributed by atoms with E-state index in [2.05, 4.69) is 43.5 Å². The highest BCUT2D eigenvalue weighted by Gasteiger charge is 2.09. The zero-order valence-corrected chi connectivity index (χ0v) is 12.7. The fourth-order valence-electron chi connectivity index (χ4n) is 1.40. The van der Waals surface area contributed by atoms with Gasteiger partial charge in [-0.15, -0.1) is 0 Å². The molecule has 0 radical (unpaired) electrons. The number of halogens is 1. The topological polar surface area (TPSA) is 66.9 Å². The van der Waals surface area contributed by atoms with Gasteiger partial charge in [-0.1, -0.05) is 18.3 Å². The average Bonchev–Trinajstić information content (AvgIpc) is 2.82. The molecule has 100 valence electrons. The largest absolute Gasteiger partial charge is 0.370 e. The fourth-order valence-corrected chi connectivity index (χ4v) is 2.50. The van der Waals surface area contributed by atoms with Crippen LogP contribution in [0.15, 0.2) is 28.3 Å². The second kappa shape index (κ2) is 6.63. The molecule has 2 aromatic heterocycles. The van der Waals surface area contributed by atoms with Crippen LogP contribution < -0.4 is 10.6 Å². The molecule has 0 fully saturated rings. The summed E-state index contributed by atoms with van der Waals surface area (Å²) >= 11 is 4.67. The maximum atomic E-state index is 12.0. The molecule has 7 heteroatoms. The van der Waals surface area contributed by atoms with E-state index in [1.165, 1.54) is 11.3 Å². The van der Waals surface area contributed by atoms with Crippen molar-refractivity contribution in [2.45, 2.75) is 13.3 Å². The number of rotatable bonds is 5. The molecular formula is C12H13BrN4OS. The van der Waals surface area contributed by atoms with Crippen molar-refractivity contribution in [1.29, 1.82) is 0 Å². The van der Waals surface area contributed by atoms with E-state index in [1.54, 1.807) is 24.5 Å². The van der Waals surface area contributed by atoms with Crippen molar-refractivity contribution in [3.63, 3.8) is 0 Å². The minimum absolute atomic E-state index is 0.191. The first-order valence-electron chi connectivity index (χ1n) is 5.81. The standard InChI is InChI=1S/C12H13BrN4OS/c1-2-4-14-10-6-8(3-5-15-10)11(18)17-12-16-7-9(13)19-12/h3,5-7H,2,4H2,1H3,(H,14,15)(H,16,17,18). The molecular weight excluding hydrogens is 328 g/mol. The van der Waals surface area contributed by atoms with Gasteiger partial charge in [-0.05, 0) is 34.5 Å². The van der Waals surface area contributed by atoms with Crippen molar-refractivity contribution in [2.24, 2.45) is 0 Å². The summed E-state index contributed by atoms with van der Waals surface area (Å²) in [4.78, 5) is 20.3. The monoisotopic (exact) mass is 340 g/mol. The van der Waals surface area contributed by atoms with Crippen molar-refractivity contribution in [2.75, 3.05) is 17.2 Å². The maximum Gasteiger partial charge on any atom is 0.257 e. The molecule has 0 unspecified atom stereocenters. The third-order valence-electron chi connectivity index (χ3n) is 2.28. The van der Waals surface area contributed by atoms with E-state index in [0.29, 0.717) is 16.5 Å². The van der Waals surface area contributed by atoms with E-state index in [1.807, 2.05) is 0 Å². The third-order valence-corrected chi connectivity index (χ3v) is 3.67. The number of carbonyl (C=O) groups is 1. The van der Waals surface area contributed by atoms with Crippen LogP contribution in [0.5, 0.6) is 0 Å². The zero-order chi connectivity index (χ0) is 13.7. The molecule has 2 N–H and O–H groups in total. The van der Waals surface area contributed by atoms with Gasteiger partial charge in [-0.3, -0.25) is 10.1 Å². The number of nitrogens with zero attached hydrogens (tertiary/aromatic N) is 2. The Morgan fingerprint density at radius 1 is 1.47 bits per heavy atom. The molecule has 0 saturated heterocycles. The summed E-state index contributed by atoms with van der Waals surface area (Å²) in [6.45, 7) is 2.90. The first-order chi connectivity index (χ1) is 9.19. The molecule has 1 amide bonds. The van der Waals surface area contributed by atoms with Gasteiger partial charge < -0.3 is 5.32 Å². The third kappa shape index (κ3) is 4.00. The zero-order valence-electron chi connectivity index (χ0n) is 10.3. The van der Waals surface area contributed by atoms with Gasteiger partial charge in [0, 0.05) is 18.3 Å². The van der Waals surface area contributed by atoms with Gasteiger partial charge in [0.25, 0.3) is 5.91 Å². The van der Waals surface area contributed by atoms with Gasteiger partial charge in [-0.25, -0.2) is 9.97 Å². The molecule has 2 rings (SSSR count). The molecule has 0 aliphatic heterocycles. The van der Waals surface area contributed by atoms with Gasteiger partial charge in [0.2, 0.25) is 0 Å². The number of carbonyl (C=O) groups excluding carboxylic acids is 1. The summed E-state index contributed by atoms with van der Waals surface area (Å²) < 4.78 is 0.878. The highest BCUT2D eigenvalue weighted by Crippen LogP contribution is 2.23. The van der Waals surface area contributed by atoms with Crippen molar-refractivity contribution in [3.05, 3.63) is 33.9 Å². The SMILES string of the molecule is CCCNc1cc(C(=O)Nc2ncc(Br)s2)ccn1. The number of anilines is 2. The first kappa shape index (κ1) is 14.0. The Kier molecular flexibility index (Phi) is 4.86. The predicted octanol–water partition coefficient (Wildman–Crippen LogP) is 3.37. The minimum Gasteiger partial charge on any atom is -0.370 e. The van der Waals surface area contributed by atoms with Gasteiger partial charge in [0.15, 0.2) is 5.13 Å². The minimum atomic E-state index is -0.191. The number of aromatic nitrogens is 2. The molecule has 0 saturated carbocycles. The molecule has 2 aromatic rings. The van der Waals surface area contributed by atoms with Crippen LogP contribution >= 0.6 is 27.3 Å². The van der Waals surface area contributed by atoms with Gasteiger partial charge in [0.1, 0.15) is 5.82 Å². The van der Waals surface area contributed by atoms with E-state index >= 15 is 0 Å². The quantitative estimate of drug-likeness (QED) is 0.875. The second-order valence-corrected chi connectivity index (χ2v) is 6.19. The van der Waals surface area contributed by atoms with E-state index in [0.717, 1.165) is 16.8 Å². The van der Waals surface area contributed by atoms with Crippen LogP contribution in [-0.4, -0.2) is 22.4 Å². The van der Waals surface area contributed by atoms with E-state index in [-0.39, 0.29) is 5.91 Å². The Morgan fingerprint density at radius 2 is 2.32 bits per heavy atom. The Bertz CT molecular complexity index is 572. The lowest BCUT2D eigenvalue weighted by Crippen LogP contribution is -2.12. The number of hydrogen-bond acceptors (Lipinski definition) is 5. The Balaban J connectivity index is 2.06. The van der Waals surface area contributed by atoms with E-state index in [4.69, 9.17) is 0 Å². The smallest absolute Gasteiger partial charge is 0.257 e. The molecule has 0 atom stereocenters. The summed E-state index contributed by atoms with van der Waals surface area (Å²) in [5.41, 5.74) is 0.555. The summed E-state index contributed by atoms with van der Waals surface area (Å²) in [6, 6.07) is 3.41. The molecule has 19 heavy (non-hydrogen) atoms. The number of pyridine rings is 1. The van der Waals surface area contributed by atoms with Crippen molar-refractivity contribution < 1.29 is 4.79 Å². The number of thiazole rings is 1. The van der Waals surface area contributed by atoms with Crippen LogP contribution in [0, 0.1) is 0 Å². The first-order valence-corrected chi connectivity index (χ1v) is 7.42. The Hall–Kier alpha value is -1.47. The Labute approximate surface area is 123 Å². The number of hydrogen-bond donors (Lipinski definition) is 2. The average molecular weight is 341 g/mol. The van der Waals surface area contributed by atoms with E-state index < -0.39 is 0 Å². The summed E-state index contributed by atoms with van der Waals surface area (Å²) in [6.07, 6.45) is 4.27. The van der Waals surface area contributed by atoms with Gasteiger partial charge in [-0.2, -0.15) is 0 Å². The maximum absolute atomic E-state index is 12.0. The van der Waals surface area contributed by atoms with Crippen LogP contribution in [0.3, 0.4) is 0 Å². The summed E-state index contributed by atoms with van der Waals surface area (Å²) in [5.74, 6) is 0.513. The summed E-state index contributed by atoms with van der Waals surface area (Å²) in [7, 11) is 0. The lowest BCUT2D eigenvalue weighted by molar-refractivity contribution is 0.102. The van der Waals surface area contributed by atoms with Crippen LogP contribution in [-0.2, 0) is 0 Å². The summed E-state index contributed by atoms with van der Waals surface area (Å²) in [5, 5.41) is 6.46. The van der Waals surface area contributed by atoms with Crippen LogP contribution in [0.2, 0.25) is 0 Å². The van der Waals surface area contributed by atoms with Crippen molar-refractivity contribution >= 4 is 44.1 Å². The predicted molar refractivity (Wildman–Crippen MR) is 80.8 cm³/mol. The Morgan fingerprint density at radius 3 is 3.00 bits per heavy atom.